The molecule has 4 nitrogen and oxygen atoms in total. The molecule has 2 aromatic heterocycles. The maximum Gasteiger partial charge on any atom is 1.00 e. The second-order valence-electron chi connectivity index (χ2n) is 4.94. The van der Waals surface area contributed by atoms with Crippen LogP contribution in [0.1, 0.15) is 5.56 Å². The number of rotatable bonds is 2. The standard InChI is InChI=1S/C16H11F3N2O2S.Na/c1-23-12-5-3-2-4-10(12)13-11-8-9(16(17,18)19)6-7-21(11)15(24)20-14(13)22;/h2-8H,1H3,(H,20,22,24);/q;+1/p-1. The molecule has 0 amide bonds. The zero-order chi connectivity index (χ0) is 17.5. The van der Waals surface area contributed by atoms with E-state index >= 15 is 0 Å². The fraction of sp³-hybridized carbons (Fsp3) is 0.125. The third kappa shape index (κ3) is 3.67. The normalized spacial score (nSPS) is 11.2. The summed E-state index contributed by atoms with van der Waals surface area (Å²) in [4.78, 5) is 16.1. The minimum Gasteiger partial charge on any atom is -0.742 e. The first-order valence-corrected chi connectivity index (χ1v) is 7.18. The van der Waals surface area contributed by atoms with Crippen LogP contribution in [0.15, 0.2) is 52.5 Å². The van der Waals surface area contributed by atoms with Gasteiger partial charge in [-0.15, -0.1) is 0 Å². The number of halogens is 3. The van der Waals surface area contributed by atoms with Crippen molar-refractivity contribution < 1.29 is 47.5 Å². The van der Waals surface area contributed by atoms with Crippen molar-refractivity contribution in [2.24, 2.45) is 0 Å². The number of alkyl halides is 3. The molecule has 0 radical (unpaired) electrons. The van der Waals surface area contributed by atoms with Gasteiger partial charge in [-0.2, -0.15) is 13.2 Å². The number of aromatic nitrogens is 2. The summed E-state index contributed by atoms with van der Waals surface area (Å²) in [5, 5.41) is -0.109. The summed E-state index contributed by atoms with van der Waals surface area (Å²) in [6, 6.07) is 8.32. The van der Waals surface area contributed by atoms with Gasteiger partial charge in [0.05, 0.1) is 23.8 Å². The van der Waals surface area contributed by atoms with E-state index in [1.54, 1.807) is 24.3 Å². The van der Waals surface area contributed by atoms with Crippen molar-refractivity contribution in [1.82, 2.24) is 9.38 Å². The largest absolute Gasteiger partial charge is 1.00 e. The molecule has 0 spiro atoms. The van der Waals surface area contributed by atoms with E-state index in [4.69, 9.17) is 17.4 Å². The van der Waals surface area contributed by atoms with Crippen molar-refractivity contribution in [1.29, 1.82) is 0 Å². The van der Waals surface area contributed by atoms with Crippen LogP contribution in [0.4, 0.5) is 13.2 Å². The van der Waals surface area contributed by atoms with Gasteiger partial charge < -0.3 is 21.8 Å². The van der Waals surface area contributed by atoms with Gasteiger partial charge >= 0.3 is 35.7 Å². The number of fused-ring (bicyclic) bond motifs is 1. The van der Waals surface area contributed by atoms with Gasteiger partial charge in [0.25, 0.3) is 5.56 Å². The van der Waals surface area contributed by atoms with Gasteiger partial charge in [0, 0.05) is 11.8 Å². The molecule has 0 fully saturated rings. The van der Waals surface area contributed by atoms with Gasteiger partial charge in [-0.25, -0.2) is 4.98 Å². The molecule has 0 aliphatic heterocycles. The van der Waals surface area contributed by atoms with Gasteiger partial charge in [0.15, 0.2) is 0 Å². The second kappa shape index (κ2) is 7.33. The number of ether oxygens (including phenoxy) is 1. The van der Waals surface area contributed by atoms with Crippen LogP contribution in [0, 0.1) is 0 Å². The van der Waals surface area contributed by atoms with Crippen LogP contribution in [0.3, 0.4) is 0 Å². The minimum absolute atomic E-state index is 0. The van der Waals surface area contributed by atoms with Crippen molar-refractivity contribution in [3.05, 3.63) is 58.5 Å². The van der Waals surface area contributed by atoms with E-state index in [0.717, 1.165) is 18.3 Å². The summed E-state index contributed by atoms with van der Waals surface area (Å²) >= 11 is 4.99. The van der Waals surface area contributed by atoms with Crippen LogP contribution in [0.5, 0.6) is 5.75 Å². The molecule has 0 bridgehead atoms. The molecule has 0 aliphatic carbocycles. The van der Waals surface area contributed by atoms with Crippen LogP contribution in [-0.2, 0) is 18.8 Å². The van der Waals surface area contributed by atoms with Crippen LogP contribution in [0.2, 0.25) is 0 Å². The molecule has 1 aromatic carbocycles. The van der Waals surface area contributed by atoms with Crippen molar-refractivity contribution in [2.45, 2.75) is 11.3 Å². The number of para-hydroxylation sites is 1. The molecule has 0 N–H and O–H groups in total. The molecule has 124 valence electrons. The van der Waals surface area contributed by atoms with Crippen molar-refractivity contribution in [3.8, 4) is 16.9 Å². The molecule has 0 saturated carbocycles. The average Bonchev–Trinajstić information content (AvgIpc) is 2.54. The Hall–Kier alpha value is -1.61. The van der Waals surface area contributed by atoms with E-state index in [1.165, 1.54) is 11.5 Å². The molecule has 25 heavy (non-hydrogen) atoms. The second-order valence-corrected chi connectivity index (χ2v) is 5.31. The van der Waals surface area contributed by atoms with Gasteiger partial charge in [-0.05, 0) is 23.4 Å². The molecule has 0 atom stereocenters. The molecule has 3 rings (SSSR count). The molecule has 0 unspecified atom stereocenters. The van der Waals surface area contributed by atoms with E-state index in [1.807, 2.05) is 0 Å². The van der Waals surface area contributed by atoms with Gasteiger partial charge in [0.1, 0.15) is 5.75 Å². The molecule has 2 heterocycles. The predicted molar refractivity (Wildman–Crippen MR) is 84.1 cm³/mol. The first kappa shape index (κ1) is 19.7. The Bertz CT molecular complexity index is 989. The smallest absolute Gasteiger partial charge is 0.742 e. The molecular weight excluding hydrogens is 364 g/mol. The van der Waals surface area contributed by atoms with Crippen LogP contribution in [-0.4, -0.2) is 16.5 Å². The van der Waals surface area contributed by atoms with Crippen LogP contribution in [0.25, 0.3) is 16.6 Å². The van der Waals surface area contributed by atoms with Crippen LogP contribution >= 0.6 is 0 Å². The SMILES string of the molecule is COc1ccccc1-c1c(=O)nc([S-])n2ccc(C(F)(F)F)cc12.[Na+]. The third-order valence-electron chi connectivity index (χ3n) is 3.53. The number of pyridine rings is 1. The average molecular weight is 374 g/mol. The summed E-state index contributed by atoms with van der Waals surface area (Å²) in [6.45, 7) is 0. The maximum absolute atomic E-state index is 13.0. The quantitative estimate of drug-likeness (QED) is 0.368. The number of benzene rings is 1. The Morgan fingerprint density at radius 3 is 2.52 bits per heavy atom. The fourth-order valence-corrected chi connectivity index (χ4v) is 2.69. The zero-order valence-corrected chi connectivity index (χ0v) is 16.1. The summed E-state index contributed by atoms with van der Waals surface area (Å²) in [7, 11) is 1.41. The number of nitrogens with zero attached hydrogens (tertiary/aromatic N) is 2. The first-order valence-electron chi connectivity index (χ1n) is 6.77. The summed E-state index contributed by atoms with van der Waals surface area (Å²) in [5.74, 6) is 0.354. The molecule has 3 aromatic rings. The maximum atomic E-state index is 13.0. The Morgan fingerprint density at radius 2 is 1.88 bits per heavy atom. The van der Waals surface area contributed by atoms with Crippen LogP contribution < -0.4 is 39.9 Å². The summed E-state index contributed by atoms with van der Waals surface area (Å²) < 4.78 is 45.6. The van der Waals surface area contributed by atoms with Crippen molar-refractivity contribution in [3.63, 3.8) is 0 Å². The summed E-state index contributed by atoms with van der Waals surface area (Å²) in [6.07, 6.45) is -3.38. The van der Waals surface area contributed by atoms with E-state index in [-0.39, 0.29) is 45.8 Å². The number of hydrogen-bond donors (Lipinski definition) is 0. The predicted octanol–water partition coefficient (Wildman–Crippen LogP) is 0.299. The Labute approximate surface area is 168 Å². The van der Waals surface area contributed by atoms with Crippen molar-refractivity contribution in [2.75, 3.05) is 7.11 Å². The Balaban J connectivity index is 0.00000225. The fourth-order valence-electron chi connectivity index (χ4n) is 2.45. The Kier molecular flexibility index (Phi) is 5.78. The Morgan fingerprint density at radius 1 is 1.20 bits per heavy atom. The molecule has 0 aliphatic rings. The van der Waals surface area contributed by atoms with Gasteiger partial charge in [-0.1, -0.05) is 18.2 Å². The zero-order valence-electron chi connectivity index (χ0n) is 13.3. The monoisotopic (exact) mass is 374 g/mol. The van der Waals surface area contributed by atoms with Gasteiger partial charge in [0.2, 0.25) is 0 Å². The van der Waals surface area contributed by atoms with E-state index in [2.05, 4.69) is 4.98 Å². The molecular formula is C16H10F3N2NaO2S. The third-order valence-corrected chi connectivity index (χ3v) is 3.82. The molecule has 0 saturated heterocycles. The van der Waals surface area contributed by atoms with E-state index < -0.39 is 17.3 Å². The van der Waals surface area contributed by atoms with E-state index in [0.29, 0.717) is 11.3 Å². The minimum atomic E-state index is -4.54. The summed E-state index contributed by atoms with van der Waals surface area (Å²) in [5.41, 5.74) is -1.20. The number of hydrogen-bond acceptors (Lipinski definition) is 4. The van der Waals surface area contributed by atoms with Crippen molar-refractivity contribution >= 4 is 18.1 Å². The topological polar surface area (TPSA) is 43.6 Å². The number of methoxy groups -OCH3 is 1. The van der Waals surface area contributed by atoms with Gasteiger partial charge in [-0.3, -0.25) is 4.79 Å². The molecule has 9 heteroatoms. The van der Waals surface area contributed by atoms with E-state index in [9.17, 15) is 18.0 Å². The first-order chi connectivity index (χ1) is 11.3.